The first-order valence-electron chi connectivity index (χ1n) is 14.6. The summed E-state index contributed by atoms with van der Waals surface area (Å²) in [6.07, 6.45) is 2.81. The van der Waals surface area contributed by atoms with Crippen molar-refractivity contribution in [2.75, 3.05) is 62.8 Å². The van der Waals surface area contributed by atoms with E-state index in [-0.39, 0.29) is 11.8 Å². The molecule has 3 saturated heterocycles. The molecular formula is C30H32FN9O2S. The van der Waals surface area contributed by atoms with Gasteiger partial charge in [0.25, 0.3) is 0 Å². The van der Waals surface area contributed by atoms with Crippen LogP contribution in [0.3, 0.4) is 0 Å². The molecule has 3 aliphatic rings. The predicted molar refractivity (Wildman–Crippen MR) is 162 cm³/mol. The van der Waals surface area contributed by atoms with Gasteiger partial charge in [0.15, 0.2) is 10.8 Å². The minimum atomic E-state index is -0.336. The van der Waals surface area contributed by atoms with Gasteiger partial charge in [0.2, 0.25) is 0 Å². The normalized spacial score (nSPS) is 20.1. The largest absolute Gasteiger partial charge is 0.378 e. The van der Waals surface area contributed by atoms with Crippen LogP contribution in [-0.4, -0.2) is 94.6 Å². The number of piperidine rings is 1. The lowest BCUT2D eigenvalue weighted by atomic mass is 9.82. The summed E-state index contributed by atoms with van der Waals surface area (Å²) in [6.45, 7) is 7.60. The minimum absolute atomic E-state index is 0.132. The summed E-state index contributed by atoms with van der Waals surface area (Å²) in [5.74, 6) is 0.940. The fourth-order valence-electron chi connectivity index (χ4n) is 6.43. The highest BCUT2D eigenvalue weighted by atomic mass is 32.1. The number of aryl methyl sites for hydroxylation is 1. The van der Waals surface area contributed by atoms with E-state index in [0.717, 1.165) is 42.9 Å². The fourth-order valence-corrected chi connectivity index (χ4v) is 7.28. The molecule has 4 aromatic rings. The Balaban J connectivity index is 1.13. The van der Waals surface area contributed by atoms with Crippen LogP contribution < -0.4 is 9.80 Å². The first kappa shape index (κ1) is 27.5. The Morgan fingerprint density at radius 3 is 2.70 bits per heavy atom. The lowest BCUT2D eigenvalue weighted by molar-refractivity contribution is 0.0346. The second-order valence-electron chi connectivity index (χ2n) is 11.2. The standard InChI is InChI=1S/C30H32FN9O2S/c1-3-40-28(36(2)29-34-26(25(15-32)43-29)19-4-6-21(31)7-5-19)23-14-22(16-33-27(23)35-40)39-18-20-17-38(9-8-24(20)39)30(41)37-10-12-42-13-11-37/h4-7,14,16,20,24H,3,8-13,17-18H2,1-2H3. The number of hydrogen-bond acceptors (Lipinski definition) is 9. The maximum Gasteiger partial charge on any atom is 0.320 e. The molecule has 0 N–H and O–H groups in total. The lowest BCUT2D eigenvalue weighted by Gasteiger charge is -2.54. The number of ether oxygens (including phenoxy) is 1. The van der Waals surface area contributed by atoms with Gasteiger partial charge in [-0.1, -0.05) is 11.3 Å². The molecule has 0 bridgehead atoms. The molecule has 43 heavy (non-hydrogen) atoms. The number of benzene rings is 1. The number of carbonyl (C=O) groups is 1. The van der Waals surface area contributed by atoms with E-state index in [2.05, 4.69) is 17.0 Å². The number of nitriles is 1. The van der Waals surface area contributed by atoms with E-state index in [0.29, 0.717) is 71.7 Å². The number of anilines is 3. The maximum absolute atomic E-state index is 13.5. The molecule has 2 amide bonds. The number of morpholine rings is 1. The highest BCUT2D eigenvalue weighted by molar-refractivity contribution is 7.16. The maximum atomic E-state index is 13.5. The number of nitrogens with zero attached hydrogens (tertiary/aromatic N) is 9. The van der Waals surface area contributed by atoms with Crippen molar-refractivity contribution in [1.29, 1.82) is 5.26 Å². The van der Waals surface area contributed by atoms with Crippen molar-refractivity contribution in [1.82, 2.24) is 29.5 Å². The zero-order valence-electron chi connectivity index (χ0n) is 24.1. The molecule has 0 spiro atoms. The Bertz CT molecular complexity index is 1710. The van der Waals surface area contributed by atoms with E-state index < -0.39 is 0 Å². The van der Waals surface area contributed by atoms with Gasteiger partial charge >= 0.3 is 6.03 Å². The van der Waals surface area contributed by atoms with E-state index >= 15 is 0 Å². The number of fused-ring (bicyclic) bond motifs is 2. The van der Waals surface area contributed by atoms with E-state index in [1.54, 1.807) is 12.1 Å². The fraction of sp³-hybridized carbons (Fsp3) is 0.433. The van der Waals surface area contributed by atoms with Crippen molar-refractivity contribution < 1.29 is 13.9 Å². The molecule has 3 aliphatic heterocycles. The molecule has 1 aromatic carbocycles. The van der Waals surface area contributed by atoms with Gasteiger partial charge in [0, 0.05) is 63.8 Å². The number of halogens is 1. The smallest absolute Gasteiger partial charge is 0.320 e. The second-order valence-corrected chi connectivity index (χ2v) is 12.1. The summed E-state index contributed by atoms with van der Waals surface area (Å²) in [5.41, 5.74) is 2.91. The number of likely N-dealkylation sites (tertiary alicyclic amines) is 1. The summed E-state index contributed by atoms with van der Waals surface area (Å²) >= 11 is 1.29. The molecule has 7 rings (SSSR count). The third kappa shape index (κ3) is 4.84. The number of urea groups is 1. The Morgan fingerprint density at radius 2 is 1.98 bits per heavy atom. The number of aromatic nitrogens is 4. The molecule has 222 valence electrons. The zero-order chi connectivity index (χ0) is 29.7. The average Bonchev–Trinajstić information content (AvgIpc) is 3.63. The van der Waals surface area contributed by atoms with Crippen LogP contribution in [-0.2, 0) is 11.3 Å². The number of rotatable bonds is 5. The van der Waals surface area contributed by atoms with Crippen LogP contribution in [0.4, 0.5) is 25.8 Å². The molecule has 11 nitrogen and oxygen atoms in total. The van der Waals surface area contributed by atoms with Crippen LogP contribution >= 0.6 is 11.3 Å². The summed E-state index contributed by atoms with van der Waals surface area (Å²) in [5, 5.41) is 16.1. The first-order chi connectivity index (χ1) is 20.9. The summed E-state index contributed by atoms with van der Waals surface area (Å²) < 4.78 is 20.8. The Hall–Kier alpha value is -4.28. The number of pyridine rings is 1. The number of carbonyl (C=O) groups excluding carboxylic acids is 1. The molecule has 2 atom stereocenters. The van der Waals surface area contributed by atoms with Crippen molar-refractivity contribution in [3.63, 3.8) is 0 Å². The topological polar surface area (TPSA) is 107 Å². The van der Waals surface area contributed by atoms with Gasteiger partial charge in [-0.05, 0) is 43.7 Å². The lowest BCUT2D eigenvalue weighted by Crippen LogP contribution is -2.65. The van der Waals surface area contributed by atoms with E-state index in [1.165, 1.54) is 23.5 Å². The van der Waals surface area contributed by atoms with Gasteiger partial charge in [-0.3, -0.25) is 0 Å². The monoisotopic (exact) mass is 601 g/mol. The number of hydrogen-bond donors (Lipinski definition) is 0. The van der Waals surface area contributed by atoms with Gasteiger partial charge in [-0.2, -0.15) is 10.4 Å². The molecule has 0 saturated carbocycles. The predicted octanol–water partition coefficient (Wildman–Crippen LogP) is 4.32. The average molecular weight is 602 g/mol. The van der Waals surface area contributed by atoms with E-state index in [4.69, 9.17) is 19.8 Å². The molecular weight excluding hydrogens is 569 g/mol. The van der Waals surface area contributed by atoms with Crippen molar-refractivity contribution >= 4 is 45.0 Å². The molecule has 0 radical (unpaired) electrons. The van der Waals surface area contributed by atoms with E-state index in [1.807, 2.05) is 39.5 Å². The third-order valence-electron chi connectivity index (χ3n) is 8.70. The third-order valence-corrected chi connectivity index (χ3v) is 9.74. The van der Waals surface area contributed by atoms with Crippen molar-refractivity contribution in [3.8, 4) is 17.3 Å². The van der Waals surface area contributed by atoms with Gasteiger partial charge in [-0.15, -0.1) is 0 Å². The summed E-state index contributed by atoms with van der Waals surface area (Å²) in [6, 6.07) is 10.9. The molecule has 13 heteroatoms. The second kappa shape index (κ2) is 11.1. The zero-order valence-corrected chi connectivity index (χ0v) is 24.9. The highest BCUT2D eigenvalue weighted by Crippen LogP contribution is 2.41. The van der Waals surface area contributed by atoms with Crippen LogP contribution in [0.5, 0.6) is 0 Å². The first-order valence-corrected chi connectivity index (χ1v) is 15.4. The molecule has 3 fully saturated rings. The quantitative estimate of drug-likeness (QED) is 0.333. The van der Waals surface area contributed by atoms with Crippen LogP contribution in [0.1, 0.15) is 18.2 Å². The van der Waals surface area contributed by atoms with Crippen LogP contribution in [0.25, 0.3) is 22.3 Å². The molecule has 0 aliphatic carbocycles. The van der Waals surface area contributed by atoms with Crippen LogP contribution in [0.15, 0.2) is 36.5 Å². The Kier molecular flexibility index (Phi) is 7.10. The van der Waals surface area contributed by atoms with Gasteiger partial charge < -0.3 is 24.3 Å². The Morgan fingerprint density at radius 1 is 1.19 bits per heavy atom. The van der Waals surface area contributed by atoms with Crippen LogP contribution in [0, 0.1) is 23.1 Å². The molecule has 2 unspecified atom stereocenters. The summed E-state index contributed by atoms with van der Waals surface area (Å²) in [4.78, 5) is 31.3. The molecule has 3 aromatic heterocycles. The highest BCUT2D eigenvalue weighted by Gasteiger charge is 2.44. The van der Waals surface area contributed by atoms with Gasteiger partial charge in [0.1, 0.15) is 28.3 Å². The van der Waals surface area contributed by atoms with Gasteiger partial charge in [-0.25, -0.2) is 23.8 Å². The Labute approximate surface area is 252 Å². The van der Waals surface area contributed by atoms with Gasteiger partial charge in [0.05, 0.1) is 30.5 Å². The van der Waals surface area contributed by atoms with Crippen molar-refractivity contribution in [2.45, 2.75) is 25.9 Å². The minimum Gasteiger partial charge on any atom is -0.378 e. The SMILES string of the molecule is CCn1nc2ncc(N3CC4CN(C(=O)N5CCOCC5)CCC43)cc2c1N(C)c1nc(-c2ccc(F)cc2)c(C#N)s1. The van der Waals surface area contributed by atoms with E-state index in [9.17, 15) is 14.4 Å². The summed E-state index contributed by atoms with van der Waals surface area (Å²) in [7, 11) is 1.92. The van der Waals surface area contributed by atoms with Crippen molar-refractivity contribution in [2.24, 2.45) is 5.92 Å². The number of amides is 2. The van der Waals surface area contributed by atoms with Crippen molar-refractivity contribution in [3.05, 3.63) is 47.2 Å². The number of thiazole rings is 1. The molecule has 6 heterocycles. The van der Waals surface area contributed by atoms with Crippen LogP contribution in [0.2, 0.25) is 0 Å².